The molecule has 14 heavy (non-hydrogen) atoms. The van der Waals surface area contributed by atoms with Crippen LogP contribution in [0.3, 0.4) is 0 Å². The molecule has 4 unspecified atom stereocenters. The van der Waals surface area contributed by atoms with Crippen LogP contribution in [0.2, 0.25) is 0 Å². The molecule has 0 radical (unpaired) electrons. The third-order valence-electron chi connectivity index (χ3n) is 3.10. The van der Waals surface area contributed by atoms with Crippen molar-refractivity contribution in [2.24, 2.45) is 17.8 Å². The molecule has 2 heteroatoms. The van der Waals surface area contributed by atoms with Gasteiger partial charge in [-0.05, 0) is 48.0 Å². The highest BCUT2D eigenvalue weighted by molar-refractivity contribution is 7.80. The Bertz CT molecular complexity index is 134. The summed E-state index contributed by atoms with van der Waals surface area (Å²) in [5, 5.41) is 0.548. The van der Waals surface area contributed by atoms with Crippen molar-refractivity contribution in [3.63, 3.8) is 0 Å². The molecule has 0 aromatic heterocycles. The molecule has 0 bridgehead atoms. The van der Waals surface area contributed by atoms with Gasteiger partial charge in [-0.25, -0.2) is 0 Å². The van der Waals surface area contributed by atoms with Crippen molar-refractivity contribution in [3.8, 4) is 0 Å². The highest BCUT2D eigenvalue weighted by atomic mass is 32.1. The van der Waals surface area contributed by atoms with Crippen LogP contribution in [0.1, 0.15) is 47.0 Å². The molecular weight excluding hydrogens is 208 g/mol. The predicted octanol–water partition coefficient (Wildman–Crippen LogP) is 4.31. The van der Waals surface area contributed by atoms with Gasteiger partial charge in [-0.2, -0.15) is 25.3 Å². The van der Waals surface area contributed by atoms with E-state index in [1.54, 1.807) is 0 Å². The lowest BCUT2D eigenvalue weighted by Crippen LogP contribution is -2.13. The summed E-state index contributed by atoms with van der Waals surface area (Å²) >= 11 is 8.75. The lowest BCUT2D eigenvalue weighted by Gasteiger charge is -2.23. The molecule has 0 aromatic rings. The maximum absolute atomic E-state index is 4.42. The molecule has 0 aliphatic heterocycles. The molecule has 0 amide bonds. The van der Waals surface area contributed by atoms with Crippen molar-refractivity contribution >= 4 is 25.3 Å². The Hall–Kier alpha value is 0.700. The zero-order valence-corrected chi connectivity index (χ0v) is 11.8. The van der Waals surface area contributed by atoms with E-state index < -0.39 is 0 Å². The third-order valence-corrected chi connectivity index (χ3v) is 3.98. The van der Waals surface area contributed by atoms with Crippen LogP contribution < -0.4 is 0 Å². The number of thiol groups is 2. The number of hydrogen-bond donors (Lipinski definition) is 2. The Morgan fingerprint density at radius 3 is 1.93 bits per heavy atom. The lowest BCUT2D eigenvalue weighted by atomic mass is 9.85. The monoisotopic (exact) mass is 234 g/mol. The predicted molar refractivity (Wildman–Crippen MR) is 73.6 cm³/mol. The fraction of sp³-hybridized carbons (Fsp3) is 1.00. The molecule has 4 atom stereocenters. The van der Waals surface area contributed by atoms with Crippen LogP contribution in [-0.2, 0) is 0 Å². The van der Waals surface area contributed by atoms with Gasteiger partial charge in [-0.3, -0.25) is 0 Å². The first-order valence-corrected chi connectivity index (χ1v) is 6.91. The van der Waals surface area contributed by atoms with Gasteiger partial charge in [0.1, 0.15) is 0 Å². The van der Waals surface area contributed by atoms with E-state index in [0.717, 1.165) is 23.5 Å². The van der Waals surface area contributed by atoms with Crippen molar-refractivity contribution in [1.82, 2.24) is 0 Å². The Labute approximate surface area is 101 Å². The normalized spacial score (nSPS) is 20.1. The molecule has 0 N–H and O–H groups in total. The molecule has 0 aliphatic carbocycles. The molecule has 0 aromatic carbocycles. The second kappa shape index (κ2) is 7.92. The van der Waals surface area contributed by atoms with Crippen molar-refractivity contribution in [2.75, 3.05) is 5.75 Å². The van der Waals surface area contributed by atoms with E-state index in [1.807, 2.05) is 0 Å². The molecule has 0 saturated heterocycles. The van der Waals surface area contributed by atoms with Gasteiger partial charge in [0.15, 0.2) is 0 Å². The fourth-order valence-corrected chi connectivity index (χ4v) is 2.03. The average Bonchev–Trinajstić information content (AvgIpc) is 2.13. The zero-order valence-electron chi connectivity index (χ0n) is 10.0. The molecule has 0 rings (SSSR count). The minimum absolute atomic E-state index is 0.548. The van der Waals surface area contributed by atoms with E-state index in [-0.39, 0.29) is 0 Å². The summed E-state index contributed by atoms with van der Waals surface area (Å²) in [5.74, 6) is 3.42. The third kappa shape index (κ3) is 7.05. The van der Waals surface area contributed by atoms with Crippen LogP contribution in [0.5, 0.6) is 0 Å². The Morgan fingerprint density at radius 2 is 1.50 bits per heavy atom. The molecule has 0 saturated carbocycles. The minimum Gasteiger partial charge on any atom is -0.179 e. The van der Waals surface area contributed by atoms with E-state index in [9.17, 15) is 0 Å². The Morgan fingerprint density at radius 1 is 0.929 bits per heavy atom. The molecule has 0 nitrogen and oxygen atoms in total. The van der Waals surface area contributed by atoms with Crippen LogP contribution in [-0.4, -0.2) is 11.0 Å². The topological polar surface area (TPSA) is 0 Å². The molecule has 0 spiro atoms. The van der Waals surface area contributed by atoms with Crippen molar-refractivity contribution < 1.29 is 0 Å². The summed E-state index contributed by atoms with van der Waals surface area (Å²) in [6, 6.07) is 0. The number of hydrogen-bond acceptors (Lipinski definition) is 2. The quantitative estimate of drug-likeness (QED) is 0.603. The lowest BCUT2D eigenvalue weighted by molar-refractivity contribution is 0.306. The molecular formula is C12H26S2. The van der Waals surface area contributed by atoms with Gasteiger partial charge in [0, 0.05) is 0 Å². The second-order valence-corrected chi connectivity index (χ2v) is 6.15. The average molecular weight is 234 g/mol. The van der Waals surface area contributed by atoms with Crippen molar-refractivity contribution in [1.29, 1.82) is 0 Å². The molecule has 0 heterocycles. The van der Waals surface area contributed by atoms with E-state index >= 15 is 0 Å². The van der Waals surface area contributed by atoms with Crippen LogP contribution >= 0.6 is 25.3 Å². The van der Waals surface area contributed by atoms with E-state index in [1.165, 1.54) is 19.3 Å². The highest BCUT2D eigenvalue weighted by Crippen LogP contribution is 2.25. The smallest absolute Gasteiger partial charge is 0.00115 e. The summed E-state index contributed by atoms with van der Waals surface area (Å²) in [5.41, 5.74) is 0. The zero-order chi connectivity index (χ0) is 11.1. The maximum Gasteiger partial charge on any atom is -0.00115 e. The van der Waals surface area contributed by atoms with Gasteiger partial charge < -0.3 is 0 Å². The largest absolute Gasteiger partial charge is 0.179 e. The summed E-state index contributed by atoms with van der Waals surface area (Å²) in [4.78, 5) is 0. The van der Waals surface area contributed by atoms with Gasteiger partial charge in [0.25, 0.3) is 0 Å². The standard InChI is InChI=1S/C12H26S2/c1-9(8-13)7-11(3)10(2)5-6-12(4)14/h9-14H,5-8H2,1-4H3. The molecule has 86 valence electrons. The Balaban J connectivity index is 3.69. The molecule has 0 aliphatic rings. The Kier molecular flexibility index (Phi) is 8.32. The second-order valence-electron chi connectivity index (χ2n) is 4.90. The van der Waals surface area contributed by atoms with Gasteiger partial charge in [0.05, 0.1) is 0 Å². The number of rotatable bonds is 7. The van der Waals surface area contributed by atoms with Crippen LogP contribution in [0.25, 0.3) is 0 Å². The van der Waals surface area contributed by atoms with Crippen LogP contribution in [0, 0.1) is 17.8 Å². The first-order valence-electron chi connectivity index (χ1n) is 5.76. The van der Waals surface area contributed by atoms with Crippen molar-refractivity contribution in [2.45, 2.75) is 52.2 Å². The van der Waals surface area contributed by atoms with E-state index in [0.29, 0.717) is 5.25 Å². The summed E-state index contributed by atoms with van der Waals surface area (Å²) in [6.07, 6.45) is 3.86. The van der Waals surface area contributed by atoms with Gasteiger partial charge in [-0.1, -0.05) is 27.7 Å². The van der Waals surface area contributed by atoms with Crippen LogP contribution in [0.15, 0.2) is 0 Å². The van der Waals surface area contributed by atoms with Gasteiger partial charge in [-0.15, -0.1) is 0 Å². The van der Waals surface area contributed by atoms with Gasteiger partial charge in [0.2, 0.25) is 0 Å². The first-order chi connectivity index (χ1) is 6.47. The summed E-state index contributed by atoms with van der Waals surface area (Å²) in [6.45, 7) is 9.20. The highest BCUT2D eigenvalue weighted by Gasteiger charge is 2.15. The van der Waals surface area contributed by atoms with Gasteiger partial charge >= 0.3 is 0 Å². The fourth-order valence-electron chi connectivity index (χ4n) is 1.73. The van der Waals surface area contributed by atoms with E-state index in [4.69, 9.17) is 0 Å². The minimum atomic E-state index is 0.548. The van der Waals surface area contributed by atoms with Crippen molar-refractivity contribution in [3.05, 3.63) is 0 Å². The van der Waals surface area contributed by atoms with Crippen LogP contribution in [0.4, 0.5) is 0 Å². The summed E-state index contributed by atoms with van der Waals surface area (Å²) in [7, 11) is 0. The SMILES string of the molecule is CC(S)CCC(C)C(C)CC(C)CS. The molecule has 0 fully saturated rings. The summed E-state index contributed by atoms with van der Waals surface area (Å²) < 4.78 is 0. The maximum atomic E-state index is 4.42. The first kappa shape index (κ1) is 14.7. The van der Waals surface area contributed by atoms with E-state index in [2.05, 4.69) is 53.0 Å².